The van der Waals surface area contributed by atoms with Crippen molar-refractivity contribution in [1.82, 2.24) is 9.97 Å². The van der Waals surface area contributed by atoms with Crippen molar-refractivity contribution in [3.63, 3.8) is 0 Å². The maximum atomic E-state index is 12.9. The van der Waals surface area contributed by atoms with Crippen LogP contribution in [0.5, 0.6) is 5.88 Å². The zero-order valence-electron chi connectivity index (χ0n) is 12.2. The SMILES string of the molecule is COc1nc(NC(=O)c2sc(C)nc2C(F)(F)F)ccc1[N+](=O)[O-]. The van der Waals surface area contributed by atoms with Gasteiger partial charge in [0.2, 0.25) is 0 Å². The number of hydrogen-bond acceptors (Lipinski definition) is 7. The number of rotatable bonds is 4. The van der Waals surface area contributed by atoms with Crippen molar-refractivity contribution in [2.24, 2.45) is 0 Å². The van der Waals surface area contributed by atoms with Crippen LogP contribution in [0.1, 0.15) is 20.4 Å². The first-order valence-electron chi connectivity index (χ1n) is 6.19. The summed E-state index contributed by atoms with van der Waals surface area (Å²) in [6.45, 7) is 1.34. The molecule has 1 N–H and O–H groups in total. The molecule has 2 aromatic heterocycles. The van der Waals surface area contributed by atoms with Gasteiger partial charge in [0.1, 0.15) is 10.7 Å². The Kier molecular flexibility index (Phi) is 4.68. The zero-order valence-corrected chi connectivity index (χ0v) is 13.0. The number of pyridine rings is 1. The normalized spacial score (nSPS) is 11.2. The van der Waals surface area contributed by atoms with Gasteiger partial charge in [-0.3, -0.25) is 14.9 Å². The summed E-state index contributed by atoms with van der Waals surface area (Å²) in [5.41, 5.74) is -1.74. The average Bonchev–Trinajstić information content (AvgIpc) is 2.89. The Hall–Kier alpha value is -2.76. The van der Waals surface area contributed by atoms with Crippen LogP contribution in [0.3, 0.4) is 0 Å². The molecule has 0 unspecified atom stereocenters. The number of nitrogens with one attached hydrogen (secondary N) is 1. The van der Waals surface area contributed by atoms with Gasteiger partial charge in [0, 0.05) is 6.07 Å². The Bertz CT molecular complexity index is 806. The van der Waals surface area contributed by atoms with E-state index in [9.17, 15) is 28.1 Å². The Labute approximate surface area is 136 Å². The standard InChI is InChI=1S/C12H9F3N4O4S/c1-5-16-9(12(13,14)15)8(24-5)10(20)17-7-4-3-6(19(21)22)11(18-7)23-2/h3-4H,1-2H3,(H,17,18,20). The third kappa shape index (κ3) is 3.59. The summed E-state index contributed by atoms with van der Waals surface area (Å²) in [5, 5.41) is 13.0. The highest BCUT2D eigenvalue weighted by Gasteiger charge is 2.39. The molecule has 0 saturated carbocycles. The van der Waals surface area contributed by atoms with Crippen molar-refractivity contribution in [2.45, 2.75) is 13.1 Å². The highest BCUT2D eigenvalue weighted by atomic mass is 32.1. The van der Waals surface area contributed by atoms with Gasteiger partial charge in [0.05, 0.1) is 17.0 Å². The van der Waals surface area contributed by atoms with E-state index in [1.807, 2.05) is 0 Å². The topological polar surface area (TPSA) is 107 Å². The molecule has 0 spiro atoms. The molecule has 2 heterocycles. The molecule has 0 saturated heterocycles. The van der Waals surface area contributed by atoms with Gasteiger partial charge >= 0.3 is 11.9 Å². The van der Waals surface area contributed by atoms with E-state index in [-0.39, 0.29) is 16.7 Å². The molecule has 24 heavy (non-hydrogen) atoms. The summed E-state index contributed by atoms with van der Waals surface area (Å²) in [6.07, 6.45) is -4.78. The molecule has 0 radical (unpaired) electrons. The Morgan fingerprint density at radius 2 is 2.04 bits per heavy atom. The Morgan fingerprint density at radius 3 is 2.58 bits per heavy atom. The van der Waals surface area contributed by atoms with Crippen molar-refractivity contribution in [3.05, 3.63) is 37.8 Å². The number of carbonyl (C=O) groups excluding carboxylic acids is 1. The molecule has 0 aliphatic carbocycles. The fraction of sp³-hybridized carbons (Fsp3) is 0.250. The molecule has 2 aromatic rings. The third-order valence-electron chi connectivity index (χ3n) is 2.68. The van der Waals surface area contributed by atoms with Crippen molar-refractivity contribution >= 4 is 28.7 Å². The van der Waals surface area contributed by atoms with Crippen LogP contribution in [0.25, 0.3) is 0 Å². The van der Waals surface area contributed by atoms with E-state index in [4.69, 9.17) is 4.74 Å². The lowest BCUT2D eigenvalue weighted by molar-refractivity contribution is -0.386. The number of nitro groups is 1. The highest BCUT2D eigenvalue weighted by Crippen LogP contribution is 2.34. The summed E-state index contributed by atoms with van der Waals surface area (Å²) < 4.78 is 43.3. The molecule has 128 valence electrons. The second-order valence-electron chi connectivity index (χ2n) is 4.34. The number of aromatic nitrogens is 2. The number of alkyl halides is 3. The van der Waals surface area contributed by atoms with E-state index in [1.54, 1.807) is 0 Å². The molecule has 0 aromatic carbocycles. The predicted octanol–water partition coefficient (Wildman–Crippen LogP) is 3.03. The van der Waals surface area contributed by atoms with Gasteiger partial charge in [0.15, 0.2) is 5.69 Å². The fourth-order valence-corrected chi connectivity index (χ4v) is 2.57. The molecule has 0 aliphatic rings. The lowest BCUT2D eigenvalue weighted by Crippen LogP contribution is -2.18. The summed E-state index contributed by atoms with van der Waals surface area (Å²) in [4.78, 5) is 28.4. The van der Waals surface area contributed by atoms with Crippen LogP contribution in [-0.2, 0) is 6.18 Å². The molecule has 8 nitrogen and oxygen atoms in total. The van der Waals surface area contributed by atoms with Crippen molar-refractivity contribution in [1.29, 1.82) is 0 Å². The Morgan fingerprint density at radius 1 is 1.38 bits per heavy atom. The monoisotopic (exact) mass is 362 g/mol. The lowest BCUT2D eigenvalue weighted by Gasteiger charge is -2.08. The number of aryl methyl sites for hydroxylation is 1. The fourth-order valence-electron chi connectivity index (χ4n) is 1.74. The summed E-state index contributed by atoms with van der Waals surface area (Å²) >= 11 is 0.576. The molecule has 1 amide bonds. The van der Waals surface area contributed by atoms with E-state index in [0.717, 1.165) is 19.2 Å². The van der Waals surface area contributed by atoms with E-state index >= 15 is 0 Å². The minimum absolute atomic E-state index is 0.0710. The molecule has 2 rings (SSSR count). The molecule has 0 atom stereocenters. The number of halogens is 3. The number of carbonyl (C=O) groups is 1. The van der Waals surface area contributed by atoms with Crippen LogP contribution < -0.4 is 10.1 Å². The lowest BCUT2D eigenvalue weighted by atomic mass is 10.3. The van der Waals surface area contributed by atoms with Crippen molar-refractivity contribution in [2.75, 3.05) is 12.4 Å². The predicted molar refractivity (Wildman–Crippen MR) is 77.2 cm³/mol. The highest BCUT2D eigenvalue weighted by molar-refractivity contribution is 7.13. The summed E-state index contributed by atoms with van der Waals surface area (Å²) in [5.74, 6) is -1.65. The Balaban J connectivity index is 2.33. The number of ether oxygens (including phenoxy) is 1. The largest absolute Gasteiger partial charge is 0.476 e. The van der Waals surface area contributed by atoms with Gasteiger partial charge in [-0.2, -0.15) is 18.2 Å². The summed E-state index contributed by atoms with van der Waals surface area (Å²) in [6, 6.07) is 2.10. The van der Waals surface area contributed by atoms with E-state index in [1.165, 1.54) is 6.92 Å². The second kappa shape index (κ2) is 6.39. The van der Waals surface area contributed by atoms with Crippen molar-refractivity contribution < 1.29 is 27.6 Å². The van der Waals surface area contributed by atoms with Gasteiger partial charge in [-0.25, -0.2) is 4.98 Å². The molecule has 0 bridgehead atoms. The first-order chi connectivity index (χ1) is 11.1. The molecule has 12 heteroatoms. The van der Waals surface area contributed by atoms with Gasteiger partial charge in [0.25, 0.3) is 11.8 Å². The first kappa shape index (κ1) is 17.6. The molecule has 0 fully saturated rings. The van der Waals surface area contributed by atoms with E-state index in [2.05, 4.69) is 15.3 Å². The number of hydrogen-bond donors (Lipinski definition) is 1. The summed E-state index contributed by atoms with van der Waals surface area (Å²) in [7, 11) is 1.13. The van der Waals surface area contributed by atoms with Crippen LogP contribution in [0.2, 0.25) is 0 Å². The smallest absolute Gasteiger partial charge is 0.435 e. The van der Waals surface area contributed by atoms with E-state index in [0.29, 0.717) is 11.3 Å². The number of methoxy groups -OCH3 is 1. The third-order valence-corrected chi connectivity index (χ3v) is 3.65. The quantitative estimate of drug-likeness (QED) is 0.662. The molecular formula is C12H9F3N4O4S. The average molecular weight is 362 g/mol. The van der Waals surface area contributed by atoms with E-state index < -0.39 is 33.3 Å². The second-order valence-corrected chi connectivity index (χ2v) is 5.55. The van der Waals surface area contributed by atoms with Gasteiger partial charge in [-0.05, 0) is 13.0 Å². The number of thiazole rings is 1. The van der Waals surface area contributed by atoms with Crippen LogP contribution in [0.4, 0.5) is 24.7 Å². The van der Waals surface area contributed by atoms with Gasteiger partial charge in [-0.1, -0.05) is 0 Å². The number of amides is 1. The zero-order chi connectivity index (χ0) is 18.1. The van der Waals surface area contributed by atoms with Crippen molar-refractivity contribution in [3.8, 4) is 5.88 Å². The van der Waals surface area contributed by atoms with Crippen LogP contribution >= 0.6 is 11.3 Å². The van der Waals surface area contributed by atoms with Crippen LogP contribution in [0, 0.1) is 17.0 Å². The van der Waals surface area contributed by atoms with Crippen LogP contribution in [0.15, 0.2) is 12.1 Å². The van der Waals surface area contributed by atoms with Crippen LogP contribution in [-0.4, -0.2) is 27.9 Å². The maximum absolute atomic E-state index is 12.9. The van der Waals surface area contributed by atoms with Gasteiger partial charge < -0.3 is 10.1 Å². The first-order valence-corrected chi connectivity index (χ1v) is 7.00. The molecular weight excluding hydrogens is 353 g/mol. The molecule has 0 aliphatic heterocycles. The number of nitrogens with zero attached hydrogens (tertiary/aromatic N) is 3. The maximum Gasteiger partial charge on any atom is 0.435 e. The minimum Gasteiger partial charge on any atom is -0.476 e. The van der Waals surface area contributed by atoms with Gasteiger partial charge in [-0.15, -0.1) is 11.3 Å². The number of anilines is 1. The minimum atomic E-state index is -4.78.